The van der Waals surface area contributed by atoms with Crippen LogP contribution in [0, 0.1) is 11.2 Å². The third-order valence-corrected chi connectivity index (χ3v) is 5.25. The number of nitrogens with one attached hydrogen (secondary N) is 1. The van der Waals surface area contributed by atoms with Gasteiger partial charge in [-0.2, -0.15) is 0 Å². The van der Waals surface area contributed by atoms with Gasteiger partial charge < -0.3 is 32.1 Å². The molecule has 2 heterocycles. The first-order valence-corrected chi connectivity index (χ1v) is 10.2. The standard InChI is InChI=1S/C18H16N4O3.C6H6FN.H3N/c19-16(23)18(7-8-18)17(24)21-12-3-5-13(6-4-12)25-14-2-1-10-22-11-9-20-15(14)22;7-5-1-3-6(8)4-2-5;/h1-6,9-11H,7-8H2,(H2,19,23)(H,21,24);1-4H,8H2;1H3. The van der Waals surface area contributed by atoms with Gasteiger partial charge in [0.15, 0.2) is 11.4 Å². The number of pyridine rings is 1. The van der Waals surface area contributed by atoms with E-state index in [4.69, 9.17) is 16.2 Å². The first-order valence-electron chi connectivity index (χ1n) is 10.2. The van der Waals surface area contributed by atoms with Crippen molar-refractivity contribution >= 4 is 28.8 Å². The van der Waals surface area contributed by atoms with Gasteiger partial charge >= 0.3 is 0 Å². The van der Waals surface area contributed by atoms with Crippen LogP contribution in [-0.2, 0) is 9.59 Å². The average molecular weight is 465 g/mol. The fraction of sp³-hybridized carbons (Fsp3) is 0.125. The van der Waals surface area contributed by atoms with Crippen LogP contribution in [0.25, 0.3) is 5.65 Å². The number of fused-ring (bicyclic) bond motifs is 1. The molecule has 1 saturated carbocycles. The molecule has 176 valence electrons. The topological polar surface area (TPSA) is 160 Å². The Morgan fingerprint density at radius 3 is 2.29 bits per heavy atom. The van der Waals surface area contributed by atoms with Gasteiger partial charge in [0.2, 0.25) is 11.8 Å². The number of nitrogens with two attached hydrogens (primary N) is 2. The molecule has 2 aromatic carbocycles. The number of anilines is 2. The van der Waals surface area contributed by atoms with Gasteiger partial charge in [0.25, 0.3) is 0 Å². The number of rotatable bonds is 5. The Morgan fingerprint density at radius 1 is 1.03 bits per heavy atom. The zero-order chi connectivity index (χ0) is 23.4. The molecule has 2 amide bonds. The number of nitrogen functional groups attached to an aromatic ring is 1. The van der Waals surface area contributed by atoms with Crippen molar-refractivity contribution in [2.45, 2.75) is 12.8 Å². The maximum absolute atomic E-state index is 12.2. The molecule has 8 N–H and O–H groups in total. The zero-order valence-corrected chi connectivity index (χ0v) is 18.3. The van der Waals surface area contributed by atoms with E-state index < -0.39 is 11.3 Å². The molecule has 5 rings (SSSR count). The monoisotopic (exact) mass is 464 g/mol. The van der Waals surface area contributed by atoms with Crippen LogP contribution in [0.2, 0.25) is 0 Å². The van der Waals surface area contributed by atoms with Gasteiger partial charge in [0, 0.05) is 30.0 Å². The highest BCUT2D eigenvalue weighted by molar-refractivity contribution is 6.12. The van der Waals surface area contributed by atoms with Crippen LogP contribution in [0.1, 0.15) is 12.8 Å². The fourth-order valence-corrected chi connectivity index (χ4v) is 3.16. The quantitative estimate of drug-likeness (QED) is 0.259. The molecule has 34 heavy (non-hydrogen) atoms. The zero-order valence-electron chi connectivity index (χ0n) is 18.3. The van der Waals surface area contributed by atoms with Crippen LogP contribution in [0.3, 0.4) is 0 Å². The minimum Gasteiger partial charge on any atom is -0.453 e. The van der Waals surface area contributed by atoms with Crippen LogP contribution in [0.15, 0.2) is 79.3 Å². The highest BCUT2D eigenvalue weighted by Crippen LogP contribution is 2.46. The summed E-state index contributed by atoms with van der Waals surface area (Å²) in [5, 5.41) is 2.73. The van der Waals surface area contributed by atoms with Crippen molar-refractivity contribution in [1.29, 1.82) is 0 Å². The molecule has 0 unspecified atom stereocenters. The van der Waals surface area contributed by atoms with Crippen LogP contribution in [0.5, 0.6) is 11.5 Å². The summed E-state index contributed by atoms with van der Waals surface area (Å²) in [6, 6.07) is 16.3. The minimum absolute atomic E-state index is 0. The van der Waals surface area contributed by atoms with Crippen LogP contribution in [-0.4, -0.2) is 21.2 Å². The first-order chi connectivity index (χ1) is 15.9. The van der Waals surface area contributed by atoms with Crippen LogP contribution in [0.4, 0.5) is 15.8 Å². The lowest BCUT2D eigenvalue weighted by Gasteiger charge is -2.12. The summed E-state index contributed by atoms with van der Waals surface area (Å²) in [6.45, 7) is 0. The highest BCUT2D eigenvalue weighted by Gasteiger charge is 2.55. The molecule has 0 saturated heterocycles. The number of aromatic nitrogens is 2. The Morgan fingerprint density at radius 2 is 1.71 bits per heavy atom. The number of hydrogen-bond acceptors (Lipinski definition) is 6. The molecule has 1 aliphatic rings. The van der Waals surface area contributed by atoms with Crippen molar-refractivity contribution in [3.05, 3.63) is 85.1 Å². The van der Waals surface area contributed by atoms with E-state index in [9.17, 15) is 14.0 Å². The number of amides is 2. The predicted octanol–water partition coefficient (Wildman–Crippen LogP) is 3.90. The summed E-state index contributed by atoms with van der Waals surface area (Å²) >= 11 is 0. The molecular weight excluding hydrogens is 439 g/mol. The van der Waals surface area contributed by atoms with Crippen molar-refractivity contribution in [2.24, 2.45) is 11.1 Å². The lowest BCUT2D eigenvalue weighted by Crippen LogP contribution is -2.36. The van der Waals surface area contributed by atoms with Gasteiger partial charge in [-0.25, -0.2) is 9.37 Å². The Balaban J connectivity index is 0.000000308. The second-order valence-electron chi connectivity index (χ2n) is 7.61. The first kappa shape index (κ1) is 24.2. The molecule has 0 atom stereocenters. The van der Waals surface area contributed by atoms with E-state index in [1.54, 1.807) is 30.5 Å². The molecule has 0 bridgehead atoms. The average Bonchev–Trinajstić information content (AvgIpc) is 3.49. The molecule has 4 aromatic rings. The van der Waals surface area contributed by atoms with Gasteiger partial charge in [-0.3, -0.25) is 9.59 Å². The molecule has 10 heteroatoms. The predicted molar refractivity (Wildman–Crippen MR) is 127 cm³/mol. The second-order valence-corrected chi connectivity index (χ2v) is 7.61. The number of ether oxygens (including phenoxy) is 1. The third-order valence-electron chi connectivity index (χ3n) is 5.25. The van der Waals surface area contributed by atoms with Crippen molar-refractivity contribution in [2.75, 3.05) is 11.1 Å². The number of carbonyl (C=O) groups excluding carboxylic acids is 2. The van der Waals surface area contributed by atoms with Crippen molar-refractivity contribution in [3.8, 4) is 11.5 Å². The normalized spacial score (nSPS) is 13.1. The molecule has 0 spiro atoms. The van der Waals surface area contributed by atoms with E-state index in [0.717, 1.165) is 5.65 Å². The Labute approximate surface area is 195 Å². The lowest BCUT2D eigenvalue weighted by molar-refractivity contribution is -0.132. The van der Waals surface area contributed by atoms with Gasteiger partial charge in [0.1, 0.15) is 17.0 Å². The maximum Gasteiger partial charge on any atom is 0.240 e. The highest BCUT2D eigenvalue weighted by atomic mass is 19.1. The smallest absolute Gasteiger partial charge is 0.240 e. The molecule has 1 fully saturated rings. The van der Waals surface area contributed by atoms with E-state index in [1.807, 2.05) is 28.9 Å². The molecule has 0 aliphatic heterocycles. The van der Waals surface area contributed by atoms with Crippen molar-refractivity contribution in [1.82, 2.24) is 15.5 Å². The van der Waals surface area contributed by atoms with Crippen LogP contribution >= 0.6 is 0 Å². The van der Waals surface area contributed by atoms with Gasteiger partial charge in [-0.05, 0) is 73.5 Å². The Bertz CT molecular complexity index is 1260. The SMILES string of the molecule is N.NC(=O)C1(C(=O)Nc2ccc(Oc3cccn4ccnc34)cc2)CC1.Nc1ccc(F)cc1. The number of nitrogens with zero attached hydrogens (tertiary/aromatic N) is 2. The third kappa shape index (κ3) is 5.30. The number of imidazole rings is 1. The van der Waals surface area contributed by atoms with Gasteiger partial charge in [0.05, 0.1) is 0 Å². The van der Waals surface area contributed by atoms with E-state index in [-0.39, 0.29) is 17.9 Å². The van der Waals surface area contributed by atoms with E-state index in [2.05, 4.69) is 10.3 Å². The van der Waals surface area contributed by atoms with Gasteiger partial charge in [-0.15, -0.1) is 0 Å². The van der Waals surface area contributed by atoms with E-state index >= 15 is 0 Å². The molecule has 2 aromatic heterocycles. The number of carbonyl (C=O) groups is 2. The van der Waals surface area contributed by atoms with Gasteiger partial charge in [-0.1, -0.05) is 0 Å². The van der Waals surface area contributed by atoms with E-state index in [0.29, 0.717) is 35.7 Å². The summed E-state index contributed by atoms with van der Waals surface area (Å²) in [5.74, 6) is 0.0767. The molecular formula is C24H25FN6O3. The molecule has 0 radical (unpaired) electrons. The number of hydrogen-bond donors (Lipinski definition) is 4. The van der Waals surface area contributed by atoms with Crippen molar-refractivity contribution < 1.29 is 18.7 Å². The van der Waals surface area contributed by atoms with Crippen LogP contribution < -0.4 is 27.7 Å². The second kappa shape index (κ2) is 10.0. The summed E-state index contributed by atoms with van der Waals surface area (Å²) in [7, 11) is 0. The minimum atomic E-state index is -1.04. The van der Waals surface area contributed by atoms with E-state index in [1.165, 1.54) is 24.3 Å². The summed E-state index contributed by atoms with van der Waals surface area (Å²) in [6.07, 6.45) is 6.44. The number of primary amides is 1. The maximum atomic E-state index is 12.2. The fourth-order valence-electron chi connectivity index (χ4n) is 3.16. The summed E-state index contributed by atoms with van der Waals surface area (Å²) in [5.41, 5.74) is 11.4. The molecule has 9 nitrogen and oxygen atoms in total. The largest absolute Gasteiger partial charge is 0.453 e. The lowest BCUT2D eigenvalue weighted by atomic mass is 10.1. The Kier molecular flexibility index (Phi) is 7.12. The summed E-state index contributed by atoms with van der Waals surface area (Å²) < 4.78 is 19.8. The number of halogens is 1. The number of benzene rings is 2. The summed E-state index contributed by atoms with van der Waals surface area (Å²) in [4.78, 5) is 27.8. The molecule has 1 aliphatic carbocycles. The Hall–Kier alpha value is -4.44. The van der Waals surface area contributed by atoms with Crippen molar-refractivity contribution in [3.63, 3.8) is 0 Å².